The molecule has 3 aromatic rings. The Labute approximate surface area is 110 Å². The van der Waals surface area contributed by atoms with Crippen LogP contribution in [0.15, 0.2) is 57.4 Å². The van der Waals surface area contributed by atoms with Crippen molar-refractivity contribution in [1.82, 2.24) is 19.6 Å². The summed E-state index contributed by atoms with van der Waals surface area (Å²) in [5, 5.41) is 9.93. The van der Waals surface area contributed by atoms with Crippen LogP contribution in [0.3, 0.4) is 0 Å². The number of rotatable bonds is 2. The summed E-state index contributed by atoms with van der Waals surface area (Å²) in [5.74, 6) is 0. The van der Waals surface area contributed by atoms with Crippen molar-refractivity contribution in [3.05, 3.63) is 47.2 Å². The molecule has 3 heterocycles. The Morgan fingerprint density at radius 3 is 2.88 bits per heavy atom. The first-order valence-electron chi connectivity index (χ1n) is 4.93. The minimum atomic E-state index is 0.811. The molecule has 0 saturated heterocycles. The number of hydrogen-bond acceptors (Lipinski definition) is 4. The first kappa shape index (κ1) is 10.7. The molecule has 6 heteroatoms. The van der Waals surface area contributed by atoms with Crippen LogP contribution in [-0.2, 0) is 0 Å². The van der Waals surface area contributed by atoms with Gasteiger partial charge in [0.1, 0.15) is 9.63 Å². The maximum Gasteiger partial charge on any atom is 0.201 e. The molecule has 0 fully saturated rings. The highest BCUT2D eigenvalue weighted by atomic mass is 79.9. The van der Waals surface area contributed by atoms with Crippen LogP contribution in [0.25, 0.3) is 5.65 Å². The molecule has 0 aliphatic rings. The highest BCUT2D eigenvalue weighted by molar-refractivity contribution is 9.10. The number of aromatic nitrogens is 4. The Bertz CT molecular complexity index is 667. The summed E-state index contributed by atoms with van der Waals surface area (Å²) in [6, 6.07) is 11.6. The van der Waals surface area contributed by atoms with Gasteiger partial charge in [0.25, 0.3) is 0 Å². The summed E-state index contributed by atoms with van der Waals surface area (Å²) < 4.78 is 2.75. The molecule has 0 aliphatic carbocycles. The molecule has 0 atom stereocenters. The maximum atomic E-state index is 4.35. The zero-order chi connectivity index (χ0) is 11.7. The van der Waals surface area contributed by atoms with Gasteiger partial charge in [-0.1, -0.05) is 12.1 Å². The van der Waals surface area contributed by atoms with Gasteiger partial charge in [0.15, 0.2) is 5.65 Å². The highest BCUT2D eigenvalue weighted by Gasteiger charge is 2.07. The number of halogens is 1. The van der Waals surface area contributed by atoms with Gasteiger partial charge in [0.2, 0.25) is 5.16 Å². The van der Waals surface area contributed by atoms with Gasteiger partial charge in [-0.2, -0.15) is 0 Å². The van der Waals surface area contributed by atoms with Crippen molar-refractivity contribution < 1.29 is 0 Å². The Balaban J connectivity index is 2.00. The topological polar surface area (TPSA) is 43.1 Å². The Morgan fingerprint density at radius 1 is 1.06 bits per heavy atom. The van der Waals surface area contributed by atoms with E-state index in [9.17, 15) is 0 Å². The zero-order valence-corrected chi connectivity index (χ0v) is 11.0. The third-order valence-electron chi connectivity index (χ3n) is 2.17. The fraction of sp³-hybridized carbons (Fsp3) is 0. The van der Waals surface area contributed by atoms with Crippen molar-refractivity contribution in [3.63, 3.8) is 0 Å². The largest absolute Gasteiger partial charge is 0.277 e. The van der Waals surface area contributed by atoms with Crippen LogP contribution < -0.4 is 0 Å². The molecule has 0 unspecified atom stereocenters. The van der Waals surface area contributed by atoms with Gasteiger partial charge in [-0.3, -0.25) is 4.40 Å². The Hall–Kier alpha value is -1.40. The van der Waals surface area contributed by atoms with E-state index in [2.05, 4.69) is 31.1 Å². The predicted octanol–water partition coefficient (Wildman–Crippen LogP) is 3.04. The number of nitrogens with zero attached hydrogens (tertiary/aromatic N) is 4. The second-order valence-electron chi connectivity index (χ2n) is 3.31. The normalized spacial score (nSPS) is 10.9. The van der Waals surface area contributed by atoms with Crippen molar-refractivity contribution in [2.75, 3.05) is 0 Å². The van der Waals surface area contributed by atoms with E-state index in [1.807, 2.05) is 47.0 Å². The molecule has 0 radical (unpaired) electrons. The molecule has 0 aliphatic heterocycles. The molecule has 3 aromatic heterocycles. The molecular weight excluding hydrogens is 300 g/mol. The fourth-order valence-electron chi connectivity index (χ4n) is 1.43. The Morgan fingerprint density at radius 2 is 2.00 bits per heavy atom. The monoisotopic (exact) mass is 306 g/mol. The lowest BCUT2D eigenvalue weighted by molar-refractivity contribution is 0.916. The lowest BCUT2D eigenvalue weighted by Crippen LogP contribution is -1.87. The van der Waals surface area contributed by atoms with Crippen LogP contribution >= 0.6 is 27.7 Å². The molecule has 0 N–H and O–H groups in total. The first-order valence-corrected chi connectivity index (χ1v) is 6.54. The van der Waals surface area contributed by atoms with Crippen LogP contribution in [0.4, 0.5) is 0 Å². The van der Waals surface area contributed by atoms with E-state index < -0.39 is 0 Å². The lowest BCUT2D eigenvalue weighted by atomic mass is 10.5. The van der Waals surface area contributed by atoms with Gasteiger partial charge in [-0.05, 0) is 52.0 Å². The van der Waals surface area contributed by atoms with Crippen molar-refractivity contribution in [3.8, 4) is 0 Å². The smallest absolute Gasteiger partial charge is 0.201 e. The fourth-order valence-corrected chi connectivity index (χ4v) is 2.70. The molecule has 84 valence electrons. The van der Waals surface area contributed by atoms with E-state index in [1.54, 1.807) is 0 Å². The zero-order valence-electron chi connectivity index (χ0n) is 8.62. The van der Waals surface area contributed by atoms with Gasteiger partial charge < -0.3 is 0 Å². The van der Waals surface area contributed by atoms with Crippen molar-refractivity contribution in [2.45, 2.75) is 10.2 Å². The highest BCUT2D eigenvalue weighted by Crippen LogP contribution is 2.25. The van der Waals surface area contributed by atoms with E-state index >= 15 is 0 Å². The first-order chi connectivity index (χ1) is 8.33. The standard InChI is InChI=1S/C11H7BrN4S/c12-8-4-3-6-10(13-8)17-11-15-14-9-5-1-2-7-16(9)11/h1-7H. The van der Waals surface area contributed by atoms with Gasteiger partial charge in [-0.25, -0.2) is 4.98 Å². The lowest BCUT2D eigenvalue weighted by Gasteiger charge is -1.99. The van der Waals surface area contributed by atoms with Crippen molar-refractivity contribution in [2.24, 2.45) is 0 Å². The molecule has 0 bridgehead atoms. The van der Waals surface area contributed by atoms with E-state index in [4.69, 9.17) is 0 Å². The third-order valence-corrected chi connectivity index (χ3v) is 3.51. The average Bonchev–Trinajstić information content (AvgIpc) is 2.73. The molecule has 17 heavy (non-hydrogen) atoms. The second kappa shape index (κ2) is 4.46. The van der Waals surface area contributed by atoms with Crippen molar-refractivity contribution >= 4 is 33.3 Å². The predicted molar refractivity (Wildman–Crippen MR) is 69.0 cm³/mol. The average molecular weight is 307 g/mol. The summed E-state index contributed by atoms with van der Waals surface area (Å²) in [4.78, 5) is 4.35. The SMILES string of the molecule is Brc1cccc(Sc2nnc3ccccn23)n1. The molecular formula is C11H7BrN4S. The third kappa shape index (κ3) is 2.18. The van der Waals surface area contributed by atoms with Crippen LogP contribution in [0, 0.1) is 0 Å². The molecule has 0 amide bonds. The van der Waals surface area contributed by atoms with Crippen molar-refractivity contribution in [1.29, 1.82) is 0 Å². The molecule has 4 nitrogen and oxygen atoms in total. The number of fused-ring (bicyclic) bond motifs is 1. The molecule has 0 aromatic carbocycles. The summed E-state index contributed by atoms with van der Waals surface area (Å²) in [6.07, 6.45) is 1.94. The quantitative estimate of drug-likeness (QED) is 0.683. The summed E-state index contributed by atoms with van der Waals surface area (Å²) in [5.41, 5.74) is 0.838. The Kier molecular flexibility index (Phi) is 2.82. The second-order valence-corrected chi connectivity index (χ2v) is 5.11. The molecule has 0 saturated carbocycles. The van der Waals surface area contributed by atoms with Crippen LogP contribution in [0.2, 0.25) is 0 Å². The van der Waals surface area contributed by atoms with E-state index in [0.717, 1.165) is 20.4 Å². The van der Waals surface area contributed by atoms with E-state index in [0.29, 0.717) is 0 Å². The van der Waals surface area contributed by atoms with Gasteiger partial charge in [0.05, 0.1) is 0 Å². The number of hydrogen-bond donors (Lipinski definition) is 0. The number of pyridine rings is 2. The van der Waals surface area contributed by atoms with Crippen LogP contribution in [0.5, 0.6) is 0 Å². The van der Waals surface area contributed by atoms with Crippen LogP contribution in [-0.4, -0.2) is 19.6 Å². The van der Waals surface area contributed by atoms with Gasteiger partial charge >= 0.3 is 0 Å². The molecule has 0 spiro atoms. The minimum absolute atomic E-state index is 0.811. The summed E-state index contributed by atoms with van der Waals surface area (Å²) >= 11 is 4.83. The molecule has 3 rings (SSSR count). The van der Waals surface area contributed by atoms with E-state index in [-0.39, 0.29) is 0 Å². The van der Waals surface area contributed by atoms with Gasteiger partial charge in [0, 0.05) is 6.20 Å². The maximum absolute atomic E-state index is 4.35. The minimum Gasteiger partial charge on any atom is -0.277 e. The van der Waals surface area contributed by atoms with Crippen LogP contribution in [0.1, 0.15) is 0 Å². The summed E-state index contributed by atoms with van der Waals surface area (Å²) in [6.45, 7) is 0. The summed E-state index contributed by atoms with van der Waals surface area (Å²) in [7, 11) is 0. The van der Waals surface area contributed by atoms with E-state index in [1.165, 1.54) is 11.8 Å². The van der Waals surface area contributed by atoms with Gasteiger partial charge in [-0.15, -0.1) is 10.2 Å².